The van der Waals surface area contributed by atoms with Gasteiger partial charge in [0, 0.05) is 56.5 Å². The van der Waals surface area contributed by atoms with Crippen LogP contribution >= 0.6 is 0 Å². The normalized spacial score (nSPS) is 14.0. The van der Waals surface area contributed by atoms with Crippen molar-refractivity contribution in [3.8, 4) is 33.6 Å². The molecule has 0 N–H and O–H groups in total. The summed E-state index contributed by atoms with van der Waals surface area (Å²) in [6.45, 7) is 2.03. The predicted molar refractivity (Wildman–Crippen MR) is 284 cm³/mol. The molecule has 0 spiro atoms. The van der Waals surface area contributed by atoms with Crippen molar-refractivity contribution in [2.75, 3.05) is 7.05 Å². The smallest absolute Gasteiger partial charge is 0.140 e. The molecule has 0 radical (unpaired) electrons. The van der Waals surface area contributed by atoms with Gasteiger partial charge in [0.15, 0.2) is 0 Å². The molecule has 322 valence electrons. The minimum absolute atomic E-state index is 0.804. The zero-order chi connectivity index (χ0) is 45.3. The first kappa shape index (κ1) is 39.4. The average Bonchev–Trinajstić information content (AvgIpc) is 4.05. The largest absolute Gasteiger partial charge is 0.456 e. The molecule has 0 fully saturated rings. The number of nitrogens with zero attached hydrogens (tertiary/aromatic N) is 4. The summed E-state index contributed by atoms with van der Waals surface area (Å²) in [6.07, 6.45) is 6.17. The Balaban J connectivity index is 1.01. The number of hydrogen-bond donors (Lipinski definition) is 0. The molecule has 5 heteroatoms. The Morgan fingerprint density at radius 1 is 0.441 bits per heavy atom. The number of hydrogen-bond acceptors (Lipinski definition) is 3. The number of rotatable bonds is 6. The first-order valence-corrected chi connectivity index (χ1v) is 23.2. The van der Waals surface area contributed by atoms with E-state index < -0.39 is 0 Å². The fourth-order valence-corrected chi connectivity index (χ4v) is 10.5. The molecule has 1 aliphatic heterocycles. The van der Waals surface area contributed by atoms with Gasteiger partial charge in [-0.05, 0) is 120 Å². The molecule has 0 saturated heterocycles. The summed E-state index contributed by atoms with van der Waals surface area (Å²) in [7, 11) is 2.12. The Bertz CT molecular complexity index is 4150. The fraction of sp³-hybridized carbons (Fsp3) is 0.0317. The molecule has 0 saturated carbocycles. The van der Waals surface area contributed by atoms with Crippen molar-refractivity contribution >= 4 is 77.9 Å². The maximum absolute atomic E-state index is 6.76. The van der Waals surface area contributed by atoms with E-state index in [1.807, 2.05) is 19.1 Å². The van der Waals surface area contributed by atoms with Crippen LogP contribution in [0.5, 0.6) is 0 Å². The van der Waals surface area contributed by atoms with Gasteiger partial charge in [-0.15, -0.1) is 0 Å². The van der Waals surface area contributed by atoms with Crippen LogP contribution in [0.1, 0.15) is 18.1 Å². The molecule has 3 aromatic heterocycles. The van der Waals surface area contributed by atoms with E-state index in [9.17, 15) is 0 Å². The minimum Gasteiger partial charge on any atom is -0.456 e. The van der Waals surface area contributed by atoms with Gasteiger partial charge in [-0.25, -0.2) is 4.99 Å². The number of furan rings is 1. The number of benzene rings is 9. The van der Waals surface area contributed by atoms with E-state index >= 15 is 0 Å². The SMILES string of the molecule is C\C=C/C=c1/oc2ccc(-c3ccc4c(c3)c3cc(-c5ccc6c(c5)c5ccccc5n6-c5ccccc5)ccc3n4-c3ccccc3)cc2/c1=C1\c2ccccc2N=C(c2ccccc2)N1C. The number of aliphatic imine (C=N–C) groups is 1. The molecule has 13 rings (SSSR count). The predicted octanol–water partition coefficient (Wildman–Crippen LogP) is 14.5. The molecule has 0 atom stereocenters. The third-order valence-corrected chi connectivity index (χ3v) is 13.6. The van der Waals surface area contributed by atoms with Crippen LogP contribution in [0.2, 0.25) is 0 Å². The van der Waals surface area contributed by atoms with Crippen LogP contribution in [-0.2, 0) is 0 Å². The van der Waals surface area contributed by atoms with E-state index in [2.05, 4.69) is 239 Å². The second-order valence-corrected chi connectivity index (χ2v) is 17.5. The van der Waals surface area contributed by atoms with Gasteiger partial charge < -0.3 is 18.5 Å². The summed E-state index contributed by atoms with van der Waals surface area (Å²) in [5.74, 6) is 0.889. The lowest BCUT2D eigenvalue weighted by Crippen LogP contribution is -2.37. The molecule has 0 aliphatic carbocycles. The van der Waals surface area contributed by atoms with Crippen LogP contribution in [-0.4, -0.2) is 26.9 Å². The maximum atomic E-state index is 6.76. The fourth-order valence-electron chi connectivity index (χ4n) is 10.5. The second-order valence-electron chi connectivity index (χ2n) is 17.5. The molecule has 5 nitrogen and oxygen atoms in total. The van der Waals surface area contributed by atoms with Crippen molar-refractivity contribution in [1.29, 1.82) is 0 Å². The van der Waals surface area contributed by atoms with E-state index in [-0.39, 0.29) is 0 Å². The third-order valence-electron chi connectivity index (χ3n) is 13.6. The van der Waals surface area contributed by atoms with Gasteiger partial charge in [0.05, 0.1) is 38.7 Å². The zero-order valence-electron chi connectivity index (χ0n) is 37.6. The molecule has 12 aromatic rings. The summed E-state index contributed by atoms with van der Waals surface area (Å²) in [6, 6.07) is 76.4. The first-order valence-electron chi connectivity index (χ1n) is 23.2. The summed E-state index contributed by atoms with van der Waals surface area (Å²) in [5.41, 5.74) is 17.3. The van der Waals surface area contributed by atoms with Crippen molar-refractivity contribution in [3.05, 3.63) is 246 Å². The van der Waals surface area contributed by atoms with Gasteiger partial charge in [0.2, 0.25) is 0 Å². The number of aromatic nitrogens is 2. The van der Waals surface area contributed by atoms with Crippen molar-refractivity contribution in [1.82, 2.24) is 14.0 Å². The average molecular weight is 873 g/mol. The lowest BCUT2D eigenvalue weighted by atomic mass is 9.98. The van der Waals surface area contributed by atoms with Crippen LogP contribution in [0.15, 0.2) is 234 Å². The second kappa shape index (κ2) is 15.9. The quantitative estimate of drug-likeness (QED) is 0.167. The first-order chi connectivity index (χ1) is 33.6. The van der Waals surface area contributed by atoms with Crippen molar-refractivity contribution < 1.29 is 4.42 Å². The van der Waals surface area contributed by atoms with E-state index in [1.54, 1.807) is 0 Å². The van der Waals surface area contributed by atoms with E-state index in [0.29, 0.717) is 0 Å². The van der Waals surface area contributed by atoms with Gasteiger partial charge in [0.25, 0.3) is 0 Å². The molecule has 9 aromatic carbocycles. The highest BCUT2D eigenvalue weighted by Gasteiger charge is 2.26. The molecular weight excluding hydrogens is 829 g/mol. The number of fused-ring (bicyclic) bond motifs is 8. The Morgan fingerprint density at radius 3 is 1.53 bits per heavy atom. The molecule has 1 aliphatic rings. The number of para-hydroxylation sites is 4. The van der Waals surface area contributed by atoms with Crippen molar-refractivity contribution in [2.24, 2.45) is 4.99 Å². The molecule has 4 heterocycles. The number of allylic oxidation sites excluding steroid dienone is 2. The highest BCUT2D eigenvalue weighted by atomic mass is 16.3. The van der Waals surface area contributed by atoms with Gasteiger partial charge in [-0.3, -0.25) is 0 Å². The summed E-state index contributed by atoms with van der Waals surface area (Å²) < 4.78 is 11.5. The van der Waals surface area contributed by atoms with E-state index in [1.165, 1.54) is 43.7 Å². The van der Waals surface area contributed by atoms with E-state index in [0.717, 1.165) is 83.5 Å². The van der Waals surface area contributed by atoms with Gasteiger partial charge in [-0.1, -0.05) is 140 Å². The molecular formula is C63H44N4O. The molecule has 0 unspecified atom stereocenters. The molecule has 0 amide bonds. The van der Waals surface area contributed by atoms with Crippen LogP contribution in [0, 0.1) is 0 Å². The molecule has 0 bridgehead atoms. The highest BCUT2D eigenvalue weighted by molar-refractivity contribution is 6.14. The lowest BCUT2D eigenvalue weighted by molar-refractivity contribution is 0.573. The highest BCUT2D eigenvalue weighted by Crippen LogP contribution is 2.40. The van der Waals surface area contributed by atoms with Crippen LogP contribution in [0.4, 0.5) is 5.69 Å². The summed E-state index contributed by atoms with van der Waals surface area (Å²) in [4.78, 5) is 7.42. The molecule has 68 heavy (non-hydrogen) atoms. The maximum Gasteiger partial charge on any atom is 0.140 e. The van der Waals surface area contributed by atoms with Crippen LogP contribution < -0.4 is 10.6 Å². The number of amidine groups is 1. The van der Waals surface area contributed by atoms with Crippen LogP contribution in [0.25, 0.3) is 100.0 Å². The van der Waals surface area contributed by atoms with E-state index in [4.69, 9.17) is 9.41 Å². The Hall–Kier alpha value is -8.93. The summed E-state index contributed by atoms with van der Waals surface area (Å²) >= 11 is 0. The van der Waals surface area contributed by atoms with Crippen LogP contribution in [0.3, 0.4) is 0 Å². The Morgan fingerprint density at radius 2 is 0.926 bits per heavy atom. The minimum atomic E-state index is 0.804. The monoisotopic (exact) mass is 872 g/mol. The van der Waals surface area contributed by atoms with Gasteiger partial charge in [-0.2, -0.15) is 0 Å². The van der Waals surface area contributed by atoms with Gasteiger partial charge >= 0.3 is 0 Å². The third kappa shape index (κ3) is 6.28. The Labute approximate surface area is 393 Å². The van der Waals surface area contributed by atoms with Crippen molar-refractivity contribution in [2.45, 2.75) is 6.92 Å². The van der Waals surface area contributed by atoms with Crippen molar-refractivity contribution in [3.63, 3.8) is 0 Å². The topological polar surface area (TPSA) is 38.6 Å². The summed E-state index contributed by atoms with van der Waals surface area (Å²) in [5, 5.41) is 6.95. The lowest BCUT2D eigenvalue weighted by Gasteiger charge is -2.30. The standard InChI is InChI=1S/C63H44N4O/c1-3-4-28-60-61(62-49-25-14-16-26-54(49)64-63(65(62)2)41-18-8-5-9-19-41)53-40-45(32-36-59(53)68-60)44-31-35-58-52(39-44)51-38-43(30-34-57(51)67(58)47-22-12-7-13-23-47)42-29-33-56-50(37-42)48-24-15-17-27-55(48)66(56)46-20-10-6-11-21-46/h3-40H,1-2H3/b4-3-,60-28+,62-61-. The van der Waals surface area contributed by atoms with Gasteiger partial charge in [0.1, 0.15) is 16.8 Å². The Kier molecular flexibility index (Phi) is 9.22. The zero-order valence-corrected chi connectivity index (χ0v) is 37.6.